The van der Waals surface area contributed by atoms with Gasteiger partial charge < -0.3 is 13.0 Å². The molecule has 0 heterocycles. The van der Waals surface area contributed by atoms with Gasteiger partial charge >= 0.3 is 8.56 Å². The van der Waals surface area contributed by atoms with E-state index in [9.17, 15) is 10.1 Å². The lowest BCUT2D eigenvalue weighted by Crippen LogP contribution is -2.53. The lowest BCUT2D eigenvalue weighted by Gasteiger charge is -2.41. The molecule has 1 aliphatic rings. The molecular formula is C30H51NO4Si3. The van der Waals surface area contributed by atoms with Crippen LogP contribution in [0.3, 0.4) is 0 Å². The summed E-state index contributed by atoms with van der Waals surface area (Å²) < 4.78 is 19.2. The summed E-state index contributed by atoms with van der Waals surface area (Å²) in [4.78, 5) is 13.6. The van der Waals surface area contributed by atoms with E-state index >= 15 is 0 Å². The van der Waals surface area contributed by atoms with Crippen molar-refractivity contribution in [1.29, 1.82) is 5.26 Å². The number of benzene rings is 1. The molecule has 0 amide bonds. The topological polar surface area (TPSA) is 68.6 Å². The Labute approximate surface area is 235 Å². The third kappa shape index (κ3) is 7.79. The van der Waals surface area contributed by atoms with Crippen molar-refractivity contribution in [3.8, 4) is 11.8 Å². The zero-order chi connectivity index (χ0) is 29.5. The van der Waals surface area contributed by atoms with Crippen LogP contribution in [0.1, 0.15) is 59.1 Å². The van der Waals surface area contributed by atoms with Crippen molar-refractivity contribution in [2.75, 3.05) is 7.11 Å². The fraction of sp³-hybridized carbons (Fsp3) is 0.667. The second-order valence-electron chi connectivity index (χ2n) is 14.8. The van der Waals surface area contributed by atoms with E-state index in [4.69, 9.17) is 13.0 Å². The van der Waals surface area contributed by atoms with Crippen LogP contribution < -0.4 is 4.74 Å². The van der Waals surface area contributed by atoms with Crippen LogP contribution in [-0.2, 0) is 18.4 Å². The van der Waals surface area contributed by atoms with E-state index in [1.165, 1.54) is 0 Å². The van der Waals surface area contributed by atoms with Crippen LogP contribution in [0.2, 0.25) is 51.9 Å². The number of carbonyl (C=O) groups is 1. The zero-order valence-corrected chi connectivity index (χ0v) is 29.4. The van der Waals surface area contributed by atoms with E-state index in [0.717, 1.165) is 34.9 Å². The van der Waals surface area contributed by atoms with Gasteiger partial charge in [-0.1, -0.05) is 47.6 Å². The summed E-state index contributed by atoms with van der Waals surface area (Å²) in [5.74, 6) is 0.991. The molecule has 8 heteroatoms. The molecule has 2 unspecified atom stereocenters. The van der Waals surface area contributed by atoms with E-state index in [-0.39, 0.29) is 17.1 Å². The first-order chi connectivity index (χ1) is 17.0. The lowest BCUT2D eigenvalue weighted by molar-refractivity contribution is -0.122. The minimum Gasteiger partial charge on any atom is -0.497 e. The van der Waals surface area contributed by atoms with Crippen LogP contribution in [0.5, 0.6) is 5.75 Å². The smallest absolute Gasteiger partial charge is 0.314 e. The molecule has 2 atom stereocenters. The Morgan fingerprint density at radius 2 is 1.58 bits per heavy atom. The van der Waals surface area contributed by atoms with Crippen molar-refractivity contribution in [3.63, 3.8) is 0 Å². The van der Waals surface area contributed by atoms with E-state index < -0.39 is 30.6 Å². The van der Waals surface area contributed by atoms with E-state index in [1.807, 2.05) is 32.9 Å². The van der Waals surface area contributed by atoms with E-state index in [2.05, 4.69) is 78.7 Å². The van der Waals surface area contributed by atoms with Gasteiger partial charge in [0.2, 0.25) is 0 Å². The molecule has 0 aromatic heterocycles. The summed E-state index contributed by atoms with van der Waals surface area (Å²) in [6.45, 7) is 28.1. The SMILES string of the molecule is COc1ccc2c(c1)C(C)(C)C(CC(C)C[Si](C)(O[Si](C)(C)C)O[Si](C)(C)C)C2=C(C#N)C(=O)C(C)(C)C. The van der Waals surface area contributed by atoms with Crippen LogP contribution in [0, 0.1) is 28.6 Å². The number of hydrogen-bond acceptors (Lipinski definition) is 5. The Bertz CT molecular complexity index is 1100. The summed E-state index contributed by atoms with van der Waals surface area (Å²) in [6, 6.07) is 9.27. The van der Waals surface area contributed by atoms with Crippen molar-refractivity contribution in [2.24, 2.45) is 17.3 Å². The summed E-state index contributed by atoms with van der Waals surface area (Å²) in [5, 5.41) is 10.3. The number of ketones is 1. The lowest BCUT2D eigenvalue weighted by atomic mass is 9.72. The van der Waals surface area contributed by atoms with Gasteiger partial charge in [-0.25, -0.2) is 0 Å². The molecule has 0 radical (unpaired) electrons. The van der Waals surface area contributed by atoms with E-state index in [1.54, 1.807) is 7.11 Å². The van der Waals surface area contributed by atoms with Crippen molar-refractivity contribution in [1.82, 2.24) is 0 Å². The number of nitrogens with zero attached hydrogens (tertiary/aromatic N) is 1. The molecule has 0 saturated heterocycles. The Hall–Kier alpha value is -1.51. The maximum Gasteiger partial charge on any atom is 0.314 e. The van der Waals surface area contributed by atoms with Gasteiger partial charge in [-0.15, -0.1) is 0 Å². The van der Waals surface area contributed by atoms with E-state index in [0.29, 0.717) is 11.5 Å². The zero-order valence-electron chi connectivity index (χ0n) is 26.4. The van der Waals surface area contributed by atoms with Gasteiger partial charge in [-0.3, -0.25) is 4.79 Å². The Balaban J connectivity index is 2.63. The number of fused-ring (bicyclic) bond motifs is 1. The number of ether oxygens (including phenoxy) is 1. The van der Waals surface area contributed by atoms with Crippen molar-refractivity contribution in [2.45, 2.75) is 105 Å². The molecule has 0 spiro atoms. The molecule has 5 nitrogen and oxygen atoms in total. The minimum absolute atomic E-state index is 0.0116. The van der Waals surface area contributed by atoms with Crippen molar-refractivity contribution in [3.05, 3.63) is 34.9 Å². The highest BCUT2D eigenvalue weighted by molar-refractivity contribution is 6.87. The molecule has 0 N–H and O–H groups in total. The van der Waals surface area contributed by atoms with Crippen LogP contribution in [0.4, 0.5) is 0 Å². The fourth-order valence-corrected chi connectivity index (χ4v) is 19.0. The predicted molar refractivity (Wildman–Crippen MR) is 166 cm³/mol. The summed E-state index contributed by atoms with van der Waals surface area (Å²) in [7, 11) is -4.42. The summed E-state index contributed by atoms with van der Waals surface area (Å²) >= 11 is 0. The Morgan fingerprint density at radius 1 is 1.05 bits per heavy atom. The number of methoxy groups -OCH3 is 1. The van der Waals surface area contributed by atoms with Gasteiger partial charge in [0, 0.05) is 5.41 Å². The minimum atomic E-state index is -2.45. The van der Waals surface area contributed by atoms with Gasteiger partial charge in [0.05, 0.1) is 12.7 Å². The number of nitriles is 1. The van der Waals surface area contributed by atoms with Crippen LogP contribution in [-0.4, -0.2) is 38.1 Å². The van der Waals surface area contributed by atoms with Gasteiger partial charge in [0.15, 0.2) is 22.4 Å². The molecular weight excluding hydrogens is 523 g/mol. The fourth-order valence-electron chi connectivity index (χ4n) is 6.00. The largest absolute Gasteiger partial charge is 0.497 e. The molecule has 212 valence electrons. The van der Waals surface area contributed by atoms with Gasteiger partial charge in [0.1, 0.15) is 11.8 Å². The summed E-state index contributed by atoms with van der Waals surface area (Å²) in [5.41, 5.74) is 2.40. The van der Waals surface area contributed by atoms with Crippen LogP contribution >= 0.6 is 0 Å². The first-order valence-electron chi connectivity index (χ1n) is 13.8. The number of carbonyl (C=O) groups excluding carboxylic acids is 1. The Morgan fingerprint density at radius 3 is 2.00 bits per heavy atom. The standard InChI is InChI=1S/C30H51NO4Si3/c1-21(20-38(14,34-36(8,9)10)35-37(11,12)13)17-26-27(24(19-31)28(32)29(2,3)4)23-16-15-22(33-7)18-25(23)30(26,5)6/h15-16,18,21,26H,17,20H2,1-14H3. The van der Waals surface area contributed by atoms with Crippen molar-refractivity contribution < 1.29 is 17.8 Å². The quantitative estimate of drug-likeness (QED) is 0.160. The first-order valence-corrected chi connectivity index (χ1v) is 23.2. The molecule has 1 aromatic rings. The average Bonchev–Trinajstić information content (AvgIpc) is 2.91. The van der Waals surface area contributed by atoms with Crippen molar-refractivity contribution >= 4 is 36.6 Å². The third-order valence-electron chi connectivity index (χ3n) is 7.12. The van der Waals surface area contributed by atoms with Crippen LogP contribution in [0.15, 0.2) is 23.8 Å². The second kappa shape index (κ2) is 11.2. The average molecular weight is 574 g/mol. The Kier molecular flexibility index (Phi) is 9.61. The van der Waals surface area contributed by atoms with Gasteiger partial charge in [-0.2, -0.15) is 5.26 Å². The normalized spacial score (nSPS) is 20.0. The molecule has 0 bridgehead atoms. The van der Waals surface area contributed by atoms with Crippen LogP contribution in [0.25, 0.3) is 5.57 Å². The highest BCUT2D eigenvalue weighted by atomic mass is 28.5. The highest BCUT2D eigenvalue weighted by Crippen LogP contribution is 2.55. The number of allylic oxidation sites excluding steroid dienone is 2. The third-order valence-corrected chi connectivity index (χ3v) is 16.9. The number of Topliss-reactive ketones (excluding diaryl/α,β-unsaturated/α-hetero) is 1. The molecule has 0 fully saturated rings. The number of rotatable bonds is 10. The predicted octanol–water partition coefficient (Wildman–Crippen LogP) is 8.30. The van der Waals surface area contributed by atoms with Gasteiger partial charge in [0.25, 0.3) is 0 Å². The molecule has 38 heavy (non-hydrogen) atoms. The monoisotopic (exact) mass is 573 g/mol. The molecule has 0 aliphatic heterocycles. The summed E-state index contributed by atoms with van der Waals surface area (Å²) in [6.07, 6.45) is 0.842. The molecule has 1 aromatic carbocycles. The van der Waals surface area contributed by atoms with Gasteiger partial charge in [-0.05, 0) is 104 Å². The second-order valence-corrected chi connectivity index (χ2v) is 27.5. The first kappa shape index (κ1) is 32.7. The highest BCUT2D eigenvalue weighted by Gasteiger charge is 2.48. The maximum absolute atomic E-state index is 13.6. The molecule has 2 rings (SSSR count). The molecule has 0 saturated carbocycles. The number of hydrogen-bond donors (Lipinski definition) is 0. The molecule has 1 aliphatic carbocycles. The maximum atomic E-state index is 13.6.